The lowest BCUT2D eigenvalue weighted by Crippen LogP contribution is -2.49. The molecule has 0 spiro atoms. The van der Waals surface area contributed by atoms with Crippen molar-refractivity contribution in [2.45, 2.75) is 44.6 Å². The van der Waals surface area contributed by atoms with E-state index in [1.807, 2.05) is 0 Å². The Kier molecular flexibility index (Phi) is 3.22. The average Bonchev–Trinajstić information content (AvgIpc) is 2.88. The topological polar surface area (TPSA) is 61.4 Å². The molecule has 1 atom stereocenters. The highest BCUT2D eigenvalue weighted by atomic mass is 16.3. The lowest BCUT2D eigenvalue weighted by Gasteiger charge is -2.29. The predicted molar refractivity (Wildman–Crippen MR) is 62.0 cm³/mol. The van der Waals surface area contributed by atoms with Gasteiger partial charge in [0, 0.05) is 6.54 Å². The number of nitrogens with one attached hydrogen (secondary N) is 2. The molecule has 0 aromatic rings. The maximum atomic E-state index is 12.3. The van der Waals surface area contributed by atoms with Crippen LogP contribution in [-0.4, -0.2) is 36.2 Å². The number of hydrogen-bond donors (Lipinski definition) is 3. The van der Waals surface area contributed by atoms with Gasteiger partial charge >= 0.3 is 0 Å². The van der Waals surface area contributed by atoms with Crippen molar-refractivity contribution in [1.29, 1.82) is 0 Å². The van der Waals surface area contributed by atoms with E-state index in [2.05, 4.69) is 17.6 Å². The number of amides is 1. The zero-order chi connectivity index (χ0) is 11.6. The van der Waals surface area contributed by atoms with Crippen LogP contribution in [0.25, 0.3) is 0 Å². The second-order valence-electron chi connectivity index (χ2n) is 5.35. The van der Waals surface area contributed by atoms with Gasteiger partial charge in [-0.1, -0.05) is 13.3 Å². The van der Waals surface area contributed by atoms with Crippen molar-refractivity contribution < 1.29 is 9.90 Å². The summed E-state index contributed by atoms with van der Waals surface area (Å²) in [6, 6.07) is 0. The summed E-state index contributed by atoms with van der Waals surface area (Å²) in [6.45, 7) is 3.91. The van der Waals surface area contributed by atoms with Gasteiger partial charge in [-0.05, 0) is 32.2 Å². The quantitative estimate of drug-likeness (QED) is 0.636. The molecule has 1 aliphatic heterocycles. The smallest absolute Gasteiger partial charge is 0.228 e. The molecule has 4 nitrogen and oxygen atoms in total. The molecule has 0 bridgehead atoms. The first-order valence-electron chi connectivity index (χ1n) is 6.31. The normalized spacial score (nSPS) is 31.4. The third-order valence-electron chi connectivity index (χ3n) is 3.99. The number of carbonyl (C=O) groups excluding carboxylic acids is 1. The molecule has 16 heavy (non-hydrogen) atoms. The Morgan fingerprint density at radius 2 is 2.19 bits per heavy atom. The zero-order valence-corrected chi connectivity index (χ0v) is 10.0. The highest BCUT2D eigenvalue weighted by Crippen LogP contribution is 2.38. The Bertz CT molecular complexity index is 268. The van der Waals surface area contributed by atoms with Crippen LogP contribution in [0.3, 0.4) is 0 Å². The van der Waals surface area contributed by atoms with E-state index in [1.54, 1.807) is 0 Å². The van der Waals surface area contributed by atoms with Crippen LogP contribution in [0.5, 0.6) is 0 Å². The molecule has 0 radical (unpaired) electrons. The van der Waals surface area contributed by atoms with E-state index in [0.29, 0.717) is 0 Å². The Morgan fingerprint density at radius 1 is 1.44 bits per heavy atom. The van der Waals surface area contributed by atoms with Gasteiger partial charge in [0.05, 0.1) is 17.6 Å². The molecule has 2 rings (SSSR count). The minimum atomic E-state index is -0.277. The number of aliphatic hydroxyl groups is 1. The largest absolute Gasteiger partial charge is 0.394 e. The first kappa shape index (κ1) is 11.9. The van der Waals surface area contributed by atoms with Gasteiger partial charge in [-0.25, -0.2) is 0 Å². The van der Waals surface area contributed by atoms with Gasteiger partial charge in [0.2, 0.25) is 5.91 Å². The number of carbonyl (C=O) groups is 1. The summed E-state index contributed by atoms with van der Waals surface area (Å²) < 4.78 is 0. The Morgan fingerprint density at radius 3 is 2.62 bits per heavy atom. The van der Waals surface area contributed by atoms with Crippen molar-refractivity contribution in [3.63, 3.8) is 0 Å². The Hall–Kier alpha value is -0.610. The van der Waals surface area contributed by atoms with Crippen LogP contribution in [0.1, 0.15) is 39.0 Å². The van der Waals surface area contributed by atoms with E-state index in [9.17, 15) is 9.90 Å². The fourth-order valence-corrected chi connectivity index (χ4v) is 2.59. The molecule has 0 aromatic carbocycles. The molecular weight excluding hydrogens is 204 g/mol. The molecule has 4 heteroatoms. The Balaban J connectivity index is 2.00. The van der Waals surface area contributed by atoms with Crippen LogP contribution in [0.15, 0.2) is 0 Å². The van der Waals surface area contributed by atoms with Crippen molar-refractivity contribution in [3.8, 4) is 0 Å². The van der Waals surface area contributed by atoms with Crippen LogP contribution in [0.2, 0.25) is 0 Å². The molecule has 1 saturated carbocycles. The van der Waals surface area contributed by atoms with Gasteiger partial charge < -0.3 is 15.7 Å². The number of aliphatic hydroxyl groups excluding tert-OH is 1. The lowest BCUT2D eigenvalue weighted by molar-refractivity contribution is -0.132. The zero-order valence-electron chi connectivity index (χ0n) is 10.0. The maximum Gasteiger partial charge on any atom is 0.228 e. The third-order valence-corrected chi connectivity index (χ3v) is 3.99. The first-order valence-corrected chi connectivity index (χ1v) is 6.31. The van der Waals surface area contributed by atoms with E-state index < -0.39 is 0 Å². The summed E-state index contributed by atoms with van der Waals surface area (Å²) in [5, 5.41) is 15.6. The molecule has 1 saturated heterocycles. The predicted octanol–water partition coefficient (Wildman–Crippen LogP) is 0.407. The van der Waals surface area contributed by atoms with E-state index in [1.165, 1.54) is 0 Å². The fourth-order valence-electron chi connectivity index (χ4n) is 2.59. The van der Waals surface area contributed by atoms with Gasteiger partial charge in [-0.15, -0.1) is 0 Å². The molecule has 92 valence electrons. The summed E-state index contributed by atoms with van der Waals surface area (Å²) in [6.07, 6.45) is 4.73. The van der Waals surface area contributed by atoms with Crippen molar-refractivity contribution >= 4 is 5.91 Å². The standard InChI is InChI=1S/C12H22N2O2/c1-2-3-11(6-7-13-8-11)10(16)14-12(9-15)4-5-12/h13,15H,2-9H2,1H3,(H,14,16). The molecule has 0 aromatic heterocycles. The van der Waals surface area contributed by atoms with Gasteiger partial charge in [-0.3, -0.25) is 4.79 Å². The average molecular weight is 226 g/mol. The van der Waals surface area contributed by atoms with Crippen molar-refractivity contribution in [2.75, 3.05) is 19.7 Å². The molecular formula is C12H22N2O2. The third kappa shape index (κ3) is 2.09. The fraction of sp³-hybridized carbons (Fsp3) is 0.917. The molecule has 1 heterocycles. The van der Waals surface area contributed by atoms with Gasteiger partial charge in [0.15, 0.2) is 0 Å². The summed E-state index contributed by atoms with van der Waals surface area (Å²) in [5.74, 6) is 0.144. The molecule has 3 N–H and O–H groups in total. The van der Waals surface area contributed by atoms with Gasteiger partial charge in [0.25, 0.3) is 0 Å². The highest BCUT2D eigenvalue weighted by molar-refractivity contribution is 5.84. The first-order chi connectivity index (χ1) is 7.66. The monoisotopic (exact) mass is 226 g/mol. The van der Waals surface area contributed by atoms with Crippen LogP contribution in [0, 0.1) is 5.41 Å². The van der Waals surface area contributed by atoms with E-state index >= 15 is 0 Å². The molecule has 1 unspecified atom stereocenters. The minimum Gasteiger partial charge on any atom is -0.394 e. The highest BCUT2D eigenvalue weighted by Gasteiger charge is 2.48. The van der Waals surface area contributed by atoms with Crippen LogP contribution in [-0.2, 0) is 4.79 Å². The van der Waals surface area contributed by atoms with Crippen LogP contribution in [0.4, 0.5) is 0 Å². The van der Waals surface area contributed by atoms with E-state index in [-0.39, 0.29) is 23.5 Å². The van der Waals surface area contributed by atoms with Crippen molar-refractivity contribution in [2.24, 2.45) is 5.41 Å². The second-order valence-corrected chi connectivity index (χ2v) is 5.35. The summed E-state index contributed by atoms with van der Waals surface area (Å²) in [5.41, 5.74) is -0.500. The molecule has 1 aliphatic carbocycles. The van der Waals surface area contributed by atoms with Crippen LogP contribution >= 0.6 is 0 Å². The number of hydrogen-bond acceptors (Lipinski definition) is 3. The van der Waals surface area contributed by atoms with E-state index in [4.69, 9.17) is 0 Å². The SMILES string of the molecule is CCCC1(C(=O)NC2(CO)CC2)CCNC1. The van der Waals surface area contributed by atoms with Crippen molar-refractivity contribution in [3.05, 3.63) is 0 Å². The minimum absolute atomic E-state index is 0.0778. The van der Waals surface area contributed by atoms with Gasteiger partial charge in [0.1, 0.15) is 0 Å². The summed E-state index contributed by atoms with van der Waals surface area (Å²) >= 11 is 0. The van der Waals surface area contributed by atoms with E-state index in [0.717, 1.165) is 45.2 Å². The van der Waals surface area contributed by atoms with Gasteiger partial charge in [-0.2, -0.15) is 0 Å². The van der Waals surface area contributed by atoms with Crippen LogP contribution < -0.4 is 10.6 Å². The van der Waals surface area contributed by atoms with Crippen molar-refractivity contribution in [1.82, 2.24) is 10.6 Å². The number of rotatable bonds is 5. The summed E-state index contributed by atoms with van der Waals surface area (Å²) in [7, 11) is 0. The molecule has 2 aliphatic rings. The summed E-state index contributed by atoms with van der Waals surface area (Å²) in [4.78, 5) is 12.3. The lowest BCUT2D eigenvalue weighted by atomic mass is 9.81. The second kappa shape index (κ2) is 4.34. The maximum absolute atomic E-state index is 12.3. The molecule has 2 fully saturated rings. The molecule has 1 amide bonds. The Labute approximate surface area is 96.8 Å².